The van der Waals surface area contributed by atoms with Crippen LogP contribution in [0.1, 0.15) is 11.4 Å². The van der Waals surface area contributed by atoms with Crippen LogP contribution in [-0.4, -0.2) is 31.4 Å². The molecule has 0 radical (unpaired) electrons. The predicted molar refractivity (Wildman–Crippen MR) is 116 cm³/mol. The smallest absolute Gasteiger partial charge is 0.196 e. The van der Waals surface area contributed by atoms with Gasteiger partial charge in [-0.25, -0.2) is 4.98 Å². The molecule has 0 unspecified atom stereocenters. The highest BCUT2D eigenvalue weighted by Gasteiger charge is 2.17. The van der Waals surface area contributed by atoms with E-state index in [1.165, 1.54) is 5.56 Å². The SMILES string of the molecule is COc1ccc(-n2c(SCc3ncc(Cl)n3C)nnc2-c2cccc(C)c2)cc1. The molecule has 0 aliphatic rings. The average molecular weight is 426 g/mol. The third-order valence-corrected chi connectivity index (χ3v) is 5.87. The first kappa shape index (κ1) is 19.5. The molecule has 2 heterocycles. The van der Waals surface area contributed by atoms with Crippen molar-refractivity contribution in [2.24, 2.45) is 7.05 Å². The Balaban J connectivity index is 1.75. The Morgan fingerprint density at radius 2 is 1.90 bits per heavy atom. The Labute approximate surface area is 178 Å². The van der Waals surface area contributed by atoms with Crippen molar-refractivity contribution in [1.82, 2.24) is 24.3 Å². The molecule has 0 saturated heterocycles. The van der Waals surface area contributed by atoms with E-state index in [1.807, 2.05) is 48.0 Å². The van der Waals surface area contributed by atoms with Gasteiger partial charge < -0.3 is 9.30 Å². The van der Waals surface area contributed by atoms with Gasteiger partial charge in [0.05, 0.1) is 19.1 Å². The second-order valence-corrected chi connectivity index (χ2v) is 7.88. The molecule has 2 aromatic carbocycles. The number of halogens is 1. The van der Waals surface area contributed by atoms with E-state index in [0.29, 0.717) is 10.9 Å². The Hall–Kier alpha value is -2.77. The maximum atomic E-state index is 6.11. The van der Waals surface area contributed by atoms with Crippen molar-refractivity contribution in [2.75, 3.05) is 7.11 Å². The molecule has 0 atom stereocenters. The fourth-order valence-electron chi connectivity index (χ4n) is 2.99. The van der Waals surface area contributed by atoms with Gasteiger partial charge in [-0.3, -0.25) is 4.57 Å². The summed E-state index contributed by atoms with van der Waals surface area (Å²) in [5.74, 6) is 3.10. The maximum absolute atomic E-state index is 6.11. The number of benzene rings is 2. The van der Waals surface area contributed by atoms with Gasteiger partial charge in [0.15, 0.2) is 11.0 Å². The minimum absolute atomic E-state index is 0.609. The summed E-state index contributed by atoms with van der Waals surface area (Å²) in [5.41, 5.74) is 3.15. The van der Waals surface area contributed by atoms with Gasteiger partial charge in [0.2, 0.25) is 0 Å². The van der Waals surface area contributed by atoms with Crippen molar-refractivity contribution < 1.29 is 4.74 Å². The van der Waals surface area contributed by atoms with Crippen LogP contribution in [0, 0.1) is 6.92 Å². The summed E-state index contributed by atoms with van der Waals surface area (Å²) in [4.78, 5) is 4.37. The lowest BCUT2D eigenvalue weighted by Crippen LogP contribution is -2.01. The van der Waals surface area contributed by atoms with E-state index in [9.17, 15) is 0 Å². The lowest BCUT2D eigenvalue weighted by atomic mass is 10.1. The van der Waals surface area contributed by atoms with Gasteiger partial charge in [0.1, 0.15) is 16.7 Å². The summed E-state index contributed by atoms with van der Waals surface area (Å²) in [6, 6.07) is 16.1. The molecular weight excluding hydrogens is 406 g/mol. The van der Waals surface area contributed by atoms with E-state index < -0.39 is 0 Å². The second kappa shape index (κ2) is 8.31. The molecule has 0 amide bonds. The van der Waals surface area contributed by atoms with Gasteiger partial charge in [0.25, 0.3) is 0 Å². The van der Waals surface area contributed by atoms with Crippen molar-refractivity contribution >= 4 is 23.4 Å². The van der Waals surface area contributed by atoms with E-state index >= 15 is 0 Å². The molecule has 6 nitrogen and oxygen atoms in total. The van der Waals surface area contributed by atoms with E-state index in [1.54, 1.807) is 25.1 Å². The average Bonchev–Trinajstić information content (AvgIpc) is 3.30. The lowest BCUT2D eigenvalue weighted by molar-refractivity contribution is 0.414. The molecule has 0 N–H and O–H groups in total. The van der Waals surface area contributed by atoms with Crippen molar-refractivity contribution in [3.63, 3.8) is 0 Å². The Morgan fingerprint density at radius 1 is 1.10 bits per heavy atom. The van der Waals surface area contributed by atoms with E-state index in [4.69, 9.17) is 16.3 Å². The number of rotatable bonds is 6. The van der Waals surface area contributed by atoms with E-state index in [2.05, 4.69) is 38.8 Å². The third-order valence-electron chi connectivity index (χ3n) is 4.60. The number of aromatic nitrogens is 5. The van der Waals surface area contributed by atoms with Crippen LogP contribution >= 0.6 is 23.4 Å². The number of aryl methyl sites for hydroxylation is 1. The summed E-state index contributed by atoms with van der Waals surface area (Å²) in [6.07, 6.45) is 1.66. The Kier molecular flexibility index (Phi) is 5.60. The first-order chi connectivity index (χ1) is 14.1. The zero-order chi connectivity index (χ0) is 20.4. The van der Waals surface area contributed by atoms with Crippen LogP contribution < -0.4 is 4.74 Å². The van der Waals surface area contributed by atoms with Gasteiger partial charge in [-0.1, -0.05) is 47.1 Å². The first-order valence-corrected chi connectivity index (χ1v) is 10.4. The lowest BCUT2D eigenvalue weighted by Gasteiger charge is -2.11. The largest absolute Gasteiger partial charge is 0.497 e. The molecule has 8 heteroatoms. The van der Waals surface area contributed by atoms with Crippen LogP contribution in [0.2, 0.25) is 5.15 Å². The summed E-state index contributed by atoms with van der Waals surface area (Å²) in [6.45, 7) is 2.07. The quantitative estimate of drug-likeness (QED) is 0.410. The Bertz CT molecular complexity index is 1140. The standard InChI is InChI=1S/C21H20ClN5OS/c1-14-5-4-6-15(11-14)20-24-25-21(29-13-19-23-12-18(22)26(19)2)27(20)16-7-9-17(28-3)10-8-16/h4-12H,13H2,1-3H3. The summed E-state index contributed by atoms with van der Waals surface area (Å²) < 4.78 is 9.22. The molecule has 0 aliphatic heterocycles. The van der Waals surface area contributed by atoms with Crippen molar-refractivity contribution in [2.45, 2.75) is 17.8 Å². The van der Waals surface area contributed by atoms with Crippen molar-refractivity contribution in [3.8, 4) is 22.8 Å². The molecular formula is C21H20ClN5OS. The molecule has 148 valence electrons. The predicted octanol–water partition coefficient (Wildman–Crippen LogP) is 4.93. The summed E-state index contributed by atoms with van der Waals surface area (Å²) >= 11 is 7.68. The number of nitrogens with zero attached hydrogens (tertiary/aromatic N) is 5. The van der Waals surface area contributed by atoms with Crippen LogP contribution in [0.5, 0.6) is 5.75 Å². The monoisotopic (exact) mass is 425 g/mol. The van der Waals surface area contributed by atoms with Gasteiger partial charge in [0, 0.05) is 18.3 Å². The number of hydrogen-bond acceptors (Lipinski definition) is 5. The fraction of sp³-hybridized carbons (Fsp3) is 0.190. The molecule has 0 aliphatic carbocycles. The normalized spacial score (nSPS) is 11.0. The van der Waals surface area contributed by atoms with Crippen molar-refractivity contribution in [1.29, 1.82) is 0 Å². The number of hydrogen-bond donors (Lipinski definition) is 0. The number of methoxy groups -OCH3 is 1. The topological polar surface area (TPSA) is 57.8 Å². The van der Waals surface area contributed by atoms with Crippen LogP contribution in [0.15, 0.2) is 59.9 Å². The fourth-order valence-corrected chi connectivity index (χ4v) is 4.08. The van der Waals surface area contributed by atoms with Crippen LogP contribution in [0.4, 0.5) is 0 Å². The number of ether oxygens (including phenoxy) is 1. The Morgan fingerprint density at radius 3 is 2.55 bits per heavy atom. The van der Waals surface area contributed by atoms with Crippen LogP contribution in [0.3, 0.4) is 0 Å². The van der Waals surface area contributed by atoms with Gasteiger partial charge >= 0.3 is 0 Å². The maximum Gasteiger partial charge on any atom is 0.196 e. The van der Waals surface area contributed by atoms with Gasteiger partial charge in [-0.15, -0.1) is 10.2 Å². The van der Waals surface area contributed by atoms with E-state index in [0.717, 1.165) is 33.8 Å². The zero-order valence-electron chi connectivity index (χ0n) is 16.3. The summed E-state index contributed by atoms with van der Waals surface area (Å²) in [7, 11) is 3.56. The van der Waals surface area contributed by atoms with Gasteiger partial charge in [-0.2, -0.15) is 0 Å². The highest BCUT2D eigenvalue weighted by Crippen LogP contribution is 2.31. The molecule has 0 bridgehead atoms. The highest BCUT2D eigenvalue weighted by molar-refractivity contribution is 7.98. The molecule has 29 heavy (non-hydrogen) atoms. The van der Waals surface area contributed by atoms with Crippen molar-refractivity contribution in [3.05, 3.63) is 71.3 Å². The molecule has 0 spiro atoms. The second-order valence-electron chi connectivity index (χ2n) is 6.55. The molecule has 0 saturated carbocycles. The molecule has 2 aromatic heterocycles. The number of imidazole rings is 1. The molecule has 4 rings (SSSR count). The van der Waals surface area contributed by atoms with E-state index in [-0.39, 0.29) is 0 Å². The minimum atomic E-state index is 0.609. The number of thioether (sulfide) groups is 1. The molecule has 4 aromatic rings. The molecule has 0 fully saturated rings. The van der Waals surface area contributed by atoms with Crippen LogP contribution in [0.25, 0.3) is 17.1 Å². The third kappa shape index (κ3) is 4.02. The van der Waals surface area contributed by atoms with Crippen LogP contribution in [-0.2, 0) is 12.8 Å². The highest BCUT2D eigenvalue weighted by atomic mass is 35.5. The zero-order valence-corrected chi connectivity index (χ0v) is 17.9. The first-order valence-electron chi connectivity index (χ1n) is 9.02. The minimum Gasteiger partial charge on any atom is -0.497 e. The van der Waals surface area contributed by atoms with Gasteiger partial charge in [-0.05, 0) is 37.3 Å². The summed E-state index contributed by atoms with van der Waals surface area (Å²) in [5, 5.41) is 10.4.